The first kappa shape index (κ1) is 13.3. The highest BCUT2D eigenvalue weighted by atomic mass is 32.1. The summed E-state index contributed by atoms with van der Waals surface area (Å²) in [4.78, 5) is 3.00. The highest BCUT2D eigenvalue weighted by Crippen LogP contribution is 2.30. The van der Waals surface area contributed by atoms with Crippen LogP contribution in [0.1, 0.15) is 0 Å². The van der Waals surface area contributed by atoms with Gasteiger partial charge < -0.3 is 16.0 Å². The minimum absolute atomic E-state index is 0.290. The third-order valence-corrected chi connectivity index (χ3v) is 3.18. The van der Waals surface area contributed by atoms with Gasteiger partial charge in [0, 0.05) is 16.5 Å². The number of anilines is 2. The van der Waals surface area contributed by atoms with Crippen molar-refractivity contribution in [3.63, 3.8) is 0 Å². The second-order valence-corrected chi connectivity index (χ2v) is 4.82. The van der Waals surface area contributed by atoms with Crippen molar-refractivity contribution in [3.8, 4) is 0 Å². The Morgan fingerprint density at radius 3 is 2.43 bits per heavy atom. The summed E-state index contributed by atoms with van der Waals surface area (Å²) in [5.41, 5.74) is 6.77. The van der Waals surface area contributed by atoms with Gasteiger partial charge in [0.1, 0.15) is 5.82 Å². The first-order valence-corrected chi connectivity index (χ1v) is 6.79. The van der Waals surface area contributed by atoms with E-state index >= 15 is 0 Å². The van der Waals surface area contributed by atoms with Gasteiger partial charge in [-0.2, -0.15) is 0 Å². The van der Waals surface area contributed by atoms with E-state index in [1.807, 2.05) is 54.6 Å². The molecule has 0 saturated heterocycles. The minimum Gasteiger partial charge on any atom is -0.385 e. The van der Waals surface area contributed by atoms with Crippen molar-refractivity contribution < 1.29 is 0 Å². The van der Waals surface area contributed by atoms with E-state index in [1.54, 1.807) is 0 Å². The zero-order chi connectivity index (χ0) is 14.7. The number of hydrogen-bond acceptors (Lipinski definition) is 3. The van der Waals surface area contributed by atoms with Crippen LogP contribution in [0.4, 0.5) is 17.3 Å². The molecule has 1 aromatic heterocycles. The number of aromatic amines is 1. The van der Waals surface area contributed by atoms with E-state index < -0.39 is 0 Å². The van der Waals surface area contributed by atoms with Crippen LogP contribution < -0.4 is 11.1 Å². The van der Waals surface area contributed by atoms with Crippen molar-refractivity contribution in [2.45, 2.75) is 0 Å². The summed E-state index contributed by atoms with van der Waals surface area (Å²) in [6.45, 7) is 0. The van der Waals surface area contributed by atoms with Crippen LogP contribution in [-0.4, -0.2) is 10.1 Å². The smallest absolute Gasteiger partial charge is 0.218 e. The second-order valence-electron chi connectivity index (χ2n) is 4.43. The maximum absolute atomic E-state index is 5.90. The van der Waals surface area contributed by atoms with Crippen LogP contribution in [0.5, 0.6) is 0 Å². The third kappa shape index (κ3) is 2.90. The standard InChI is InChI=1S/C15H13N5S/c16-13-11-8-4-5-9-12(11)14(18-13)19-20-15(21)17-10-6-2-1-3-7-10/h1-9,18H,16H2,(H,17,21)/b20-19+. The molecule has 6 heteroatoms. The number of nitrogens with two attached hydrogens (primary N) is 1. The molecule has 21 heavy (non-hydrogen) atoms. The van der Waals surface area contributed by atoms with Crippen molar-refractivity contribution in [3.05, 3.63) is 54.6 Å². The predicted molar refractivity (Wildman–Crippen MR) is 89.9 cm³/mol. The Bertz CT molecular complexity index is 807. The number of aromatic nitrogens is 1. The van der Waals surface area contributed by atoms with Crippen molar-refractivity contribution in [1.82, 2.24) is 4.98 Å². The number of nitrogen functional groups attached to an aromatic ring is 1. The van der Waals surface area contributed by atoms with Crippen LogP contribution >= 0.6 is 12.2 Å². The second kappa shape index (κ2) is 5.72. The third-order valence-electron chi connectivity index (χ3n) is 2.99. The fourth-order valence-electron chi connectivity index (χ4n) is 2.03. The number of azo groups is 1. The molecule has 1 heterocycles. The maximum atomic E-state index is 5.90. The number of nitrogens with one attached hydrogen (secondary N) is 2. The number of fused-ring (bicyclic) bond motifs is 1. The molecule has 0 spiro atoms. The molecule has 0 unspecified atom stereocenters. The van der Waals surface area contributed by atoms with Gasteiger partial charge in [-0.15, -0.1) is 10.2 Å². The molecule has 3 aromatic rings. The van der Waals surface area contributed by atoms with Crippen molar-refractivity contribution >= 4 is 45.4 Å². The molecule has 2 aromatic carbocycles. The Labute approximate surface area is 126 Å². The van der Waals surface area contributed by atoms with Gasteiger partial charge in [0.15, 0.2) is 5.82 Å². The van der Waals surface area contributed by atoms with Gasteiger partial charge in [-0.25, -0.2) is 0 Å². The van der Waals surface area contributed by atoms with Gasteiger partial charge in [-0.05, 0) is 24.4 Å². The van der Waals surface area contributed by atoms with Crippen LogP contribution in [0.3, 0.4) is 0 Å². The number of hydrogen-bond donors (Lipinski definition) is 3. The van der Waals surface area contributed by atoms with Gasteiger partial charge >= 0.3 is 0 Å². The molecule has 0 aliphatic heterocycles. The zero-order valence-corrected chi connectivity index (χ0v) is 11.9. The molecule has 0 bridgehead atoms. The molecule has 4 N–H and O–H groups in total. The van der Waals surface area contributed by atoms with Crippen LogP contribution in [-0.2, 0) is 0 Å². The summed E-state index contributed by atoms with van der Waals surface area (Å²) >= 11 is 5.15. The molecular weight excluding hydrogens is 282 g/mol. The first-order chi connectivity index (χ1) is 10.2. The quantitative estimate of drug-likeness (QED) is 0.489. The van der Waals surface area contributed by atoms with Crippen molar-refractivity contribution in [2.24, 2.45) is 10.2 Å². The van der Waals surface area contributed by atoms with Gasteiger partial charge in [-0.3, -0.25) is 0 Å². The summed E-state index contributed by atoms with van der Waals surface area (Å²) < 4.78 is 0. The van der Waals surface area contributed by atoms with E-state index in [0.717, 1.165) is 16.5 Å². The van der Waals surface area contributed by atoms with Crippen LogP contribution in [0.2, 0.25) is 0 Å². The molecule has 0 aliphatic carbocycles. The van der Waals surface area contributed by atoms with Crippen molar-refractivity contribution in [1.29, 1.82) is 0 Å². The molecule has 0 amide bonds. The normalized spacial score (nSPS) is 11.0. The molecule has 104 valence electrons. The van der Waals surface area contributed by atoms with E-state index in [9.17, 15) is 0 Å². The number of nitrogens with zero attached hydrogens (tertiary/aromatic N) is 2. The lowest BCUT2D eigenvalue weighted by atomic mass is 10.2. The number of H-pyrrole nitrogens is 1. The molecule has 0 saturated carbocycles. The zero-order valence-electron chi connectivity index (χ0n) is 11.1. The lowest BCUT2D eigenvalue weighted by Crippen LogP contribution is -2.04. The largest absolute Gasteiger partial charge is 0.385 e. The van der Waals surface area contributed by atoms with E-state index in [1.165, 1.54) is 0 Å². The predicted octanol–water partition coefficient (Wildman–Crippen LogP) is 4.23. The fraction of sp³-hybridized carbons (Fsp3) is 0. The molecule has 3 rings (SSSR count). The molecule has 0 fully saturated rings. The summed E-state index contributed by atoms with van der Waals surface area (Å²) in [6.07, 6.45) is 0. The number of benzene rings is 2. The Hall–Kier alpha value is -2.73. The lowest BCUT2D eigenvalue weighted by Gasteiger charge is -2.01. The Balaban J connectivity index is 1.80. The average Bonchev–Trinajstić information content (AvgIpc) is 2.83. The fourth-order valence-corrected chi connectivity index (χ4v) is 2.19. The minimum atomic E-state index is 0.290. The topological polar surface area (TPSA) is 78.6 Å². The Morgan fingerprint density at radius 2 is 1.67 bits per heavy atom. The summed E-state index contributed by atoms with van der Waals surface area (Å²) in [6, 6.07) is 17.3. The number of rotatable bonds is 2. The lowest BCUT2D eigenvalue weighted by molar-refractivity contribution is 1.23. The van der Waals surface area contributed by atoms with Gasteiger partial charge in [0.05, 0.1) is 0 Å². The summed E-state index contributed by atoms with van der Waals surface area (Å²) in [7, 11) is 0. The monoisotopic (exact) mass is 295 g/mol. The summed E-state index contributed by atoms with van der Waals surface area (Å²) in [5, 5.41) is 13.3. The van der Waals surface area contributed by atoms with E-state index in [0.29, 0.717) is 16.7 Å². The number of para-hydroxylation sites is 1. The molecular formula is C15H13N5S. The highest BCUT2D eigenvalue weighted by Gasteiger charge is 2.06. The SMILES string of the molecule is Nc1[nH]c(/N=N/C(=S)Nc2ccccc2)c2ccccc12. The highest BCUT2D eigenvalue weighted by molar-refractivity contribution is 7.80. The Morgan fingerprint density at radius 1 is 1.00 bits per heavy atom. The van der Waals surface area contributed by atoms with Crippen LogP contribution in [0.25, 0.3) is 10.8 Å². The molecule has 5 nitrogen and oxygen atoms in total. The van der Waals surface area contributed by atoms with Gasteiger partial charge in [0.2, 0.25) is 5.11 Å². The molecule has 0 aliphatic rings. The average molecular weight is 295 g/mol. The van der Waals surface area contributed by atoms with E-state index in [4.69, 9.17) is 18.0 Å². The first-order valence-electron chi connectivity index (χ1n) is 6.38. The maximum Gasteiger partial charge on any atom is 0.218 e. The van der Waals surface area contributed by atoms with E-state index in [2.05, 4.69) is 20.5 Å². The number of thiocarbonyl (C=S) groups is 1. The van der Waals surface area contributed by atoms with E-state index in [-0.39, 0.29) is 0 Å². The molecule has 0 atom stereocenters. The van der Waals surface area contributed by atoms with Gasteiger partial charge in [-0.1, -0.05) is 42.5 Å². The summed E-state index contributed by atoms with van der Waals surface area (Å²) in [5.74, 6) is 1.17. The van der Waals surface area contributed by atoms with Crippen molar-refractivity contribution in [2.75, 3.05) is 11.1 Å². The van der Waals surface area contributed by atoms with Crippen LogP contribution in [0.15, 0.2) is 64.8 Å². The molecule has 0 radical (unpaired) electrons. The van der Waals surface area contributed by atoms with Crippen LogP contribution in [0, 0.1) is 0 Å². The Kier molecular flexibility index (Phi) is 3.61. The van der Waals surface area contributed by atoms with Gasteiger partial charge in [0.25, 0.3) is 0 Å².